The zero-order valence-corrected chi connectivity index (χ0v) is 16.2. The topological polar surface area (TPSA) is 60.9 Å². The van der Waals surface area contributed by atoms with Crippen LogP contribution in [0, 0.1) is 0 Å². The van der Waals surface area contributed by atoms with Gasteiger partial charge in [-0.05, 0) is 32.2 Å². The summed E-state index contributed by atoms with van der Waals surface area (Å²) in [4.78, 5) is 16.6. The van der Waals surface area contributed by atoms with Crippen molar-refractivity contribution in [2.45, 2.75) is 13.0 Å². The van der Waals surface area contributed by atoms with E-state index in [-0.39, 0.29) is 16.6 Å². The Hall–Kier alpha value is -1.02. The summed E-state index contributed by atoms with van der Waals surface area (Å²) < 4.78 is 25.7. The maximum absolute atomic E-state index is 12.8. The maximum Gasteiger partial charge on any atom is 0.246 e. The van der Waals surface area contributed by atoms with Crippen LogP contribution in [0.4, 0.5) is 5.69 Å². The van der Waals surface area contributed by atoms with Crippen LogP contribution in [0.15, 0.2) is 18.2 Å². The fourth-order valence-corrected chi connectivity index (χ4v) is 4.32. The minimum Gasteiger partial charge on any atom is -0.338 e. The molecule has 1 unspecified atom stereocenters. The molecule has 1 fully saturated rings. The first-order valence-electron chi connectivity index (χ1n) is 7.53. The molecule has 2 rings (SSSR count). The number of rotatable bonds is 4. The lowest BCUT2D eigenvalue weighted by Crippen LogP contribution is -2.54. The van der Waals surface area contributed by atoms with Gasteiger partial charge in [-0.25, -0.2) is 8.42 Å². The summed E-state index contributed by atoms with van der Waals surface area (Å²) in [5.74, 6) is -0.246. The number of nitrogens with zero attached hydrogens (tertiary/aromatic N) is 3. The number of hydrogen-bond acceptors (Lipinski definition) is 4. The van der Waals surface area contributed by atoms with E-state index in [0.717, 1.165) is 23.7 Å². The highest BCUT2D eigenvalue weighted by atomic mass is 35.5. The average Bonchev–Trinajstić information content (AvgIpc) is 2.49. The molecule has 1 aliphatic heterocycles. The molecule has 0 aromatic heterocycles. The Balaban J connectivity index is 2.34. The molecular weight excluding hydrogens is 373 g/mol. The SMILES string of the molecule is CC(C(=O)N1CCN(C)CC1)N(c1cc(Cl)ccc1Cl)S(C)(=O)=O. The van der Waals surface area contributed by atoms with Crippen molar-refractivity contribution >= 4 is 44.8 Å². The van der Waals surface area contributed by atoms with Crippen molar-refractivity contribution in [2.24, 2.45) is 0 Å². The summed E-state index contributed by atoms with van der Waals surface area (Å²) in [6.07, 6.45) is 1.05. The zero-order valence-electron chi connectivity index (χ0n) is 13.9. The largest absolute Gasteiger partial charge is 0.338 e. The Morgan fingerprint density at radius 2 is 1.79 bits per heavy atom. The molecule has 1 aromatic carbocycles. The van der Waals surface area contributed by atoms with Gasteiger partial charge < -0.3 is 9.80 Å². The molecule has 1 aliphatic rings. The first kappa shape index (κ1) is 19.3. The average molecular weight is 394 g/mol. The van der Waals surface area contributed by atoms with E-state index in [2.05, 4.69) is 4.90 Å². The van der Waals surface area contributed by atoms with Crippen molar-refractivity contribution < 1.29 is 13.2 Å². The van der Waals surface area contributed by atoms with Gasteiger partial charge in [-0.1, -0.05) is 23.2 Å². The summed E-state index contributed by atoms with van der Waals surface area (Å²) in [6, 6.07) is 3.64. The summed E-state index contributed by atoms with van der Waals surface area (Å²) in [5.41, 5.74) is 0.210. The molecule has 0 N–H and O–H groups in total. The van der Waals surface area contributed by atoms with Gasteiger partial charge in [0.1, 0.15) is 6.04 Å². The van der Waals surface area contributed by atoms with E-state index in [1.165, 1.54) is 12.1 Å². The monoisotopic (exact) mass is 393 g/mol. The smallest absolute Gasteiger partial charge is 0.246 e. The van der Waals surface area contributed by atoms with Crippen LogP contribution in [0.1, 0.15) is 6.92 Å². The molecule has 1 saturated heterocycles. The second kappa shape index (κ2) is 7.47. The number of carbonyl (C=O) groups is 1. The predicted octanol–water partition coefficient (Wildman–Crippen LogP) is 1.92. The minimum atomic E-state index is -3.72. The molecule has 1 amide bonds. The fourth-order valence-electron chi connectivity index (χ4n) is 2.72. The lowest BCUT2D eigenvalue weighted by Gasteiger charge is -2.37. The highest BCUT2D eigenvalue weighted by Crippen LogP contribution is 2.32. The van der Waals surface area contributed by atoms with Gasteiger partial charge in [0.05, 0.1) is 17.0 Å². The van der Waals surface area contributed by atoms with Crippen molar-refractivity contribution in [1.29, 1.82) is 0 Å². The third-order valence-corrected chi connectivity index (χ3v) is 5.81. The number of carbonyl (C=O) groups excluding carboxylic acids is 1. The third kappa shape index (κ3) is 4.33. The number of piperazine rings is 1. The van der Waals surface area contributed by atoms with Crippen LogP contribution in [0.25, 0.3) is 0 Å². The van der Waals surface area contributed by atoms with E-state index in [4.69, 9.17) is 23.2 Å². The van der Waals surface area contributed by atoms with Gasteiger partial charge >= 0.3 is 0 Å². The quantitative estimate of drug-likeness (QED) is 0.783. The highest BCUT2D eigenvalue weighted by molar-refractivity contribution is 7.92. The van der Waals surface area contributed by atoms with E-state index >= 15 is 0 Å². The first-order valence-corrected chi connectivity index (χ1v) is 10.1. The van der Waals surface area contributed by atoms with E-state index in [9.17, 15) is 13.2 Å². The predicted molar refractivity (Wildman–Crippen MR) is 97.3 cm³/mol. The first-order chi connectivity index (χ1) is 11.1. The minimum absolute atomic E-state index is 0.210. The standard InChI is InChI=1S/C15H21Cl2N3O3S/c1-11(15(21)19-8-6-18(2)7-9-19)20(24(3,22)23)14-10-12(16)4-5-13(14)17/h4-5,10-11H,6-9H2,1-3H3. The number of amides is 1. The number of sulfonamides is 1. The van der Waals surface area contributed by atoms with E-state index in [1.807, 2.05) is 7.05 Å². The van der Waals surface area contributed by atoms with Crippen LogP contribution < -0.4 is 4.31 Å². The Labute approximate surface area is 153 Å². The molecule has 1 aromatic rings. The van der Waals surface area contributed by atoms with Gasteiger partial charge in [0.25, 0.3) is 0 Å². The molecule has 134 valence electrons. The van der Waals surface area contributed by atoms with Gasteiger partial charge in [-0.2, -0.15) is 0 Å². The van der Waals surface area contributed by atoms with Crippen LogP contribution in [0.3, 0.4) is 0 Å². The molecule has 1 heterocycles. The van der Waals surface area contributed by atoms with Crippen molar-refractivity contribution in [2.75, 3.05) is 43.8 Å². The molecular formula is C15H21Cl2N3O3S. The number of benzene rings is 1. The molecule has 24 heavy (non-hydrogen) atoms. The number of likely N-dealkylation sites (N-methyl/N-ethyl adjacent to an activating group) is 1. The Morgan fingerprint density at radius 3 is 2.33 bits per heavy atom. The summed E-state index contributed by atoms with van der Waals surface area (Å²) in [5, 5.41) is 0.574. The maximum atomic E-state index is 12.8. The van der Waals surface area contributed by atoms with Crippen molar-refractivity contribution in [1.82, 2.24) is 9.80 Å². The summed E-state index contributed by atoms with van der Waals surface area (Å²) >= 11 is 12.1. The molecule has 0 saturated carbocycles. The Kier molecular flexibility index (Phi) is 6.01. The number of hydrogen-bond donors (Lipinski definition) is 0. The highest BCUT2D eigenvalue weighted by Gasteiger charge is 2.34. The molecule has 0 radical (unpaired) electrons. The Morgan fingerprint density at radius 1 is 1.21 bits per heavy atom. The number of halogens is 2. The van der Waals surface area contributed by atoms with Crippen LogP contribution in [-0.4, -0.2) is 69.6 Å². The van der Waals surface area contributed by atoms with Gasteiger partial charge in [-0.3, -0.25) is 9.10 Å². The normalized spacial score (nSPS) is 17.6. The third-order valence-electron chi connectivity index (χ3n) is 4.03. The number of anilines is 1. The lowest BCUT2D eigenvalue weighted by atomic mass is 10.2. The molecule has 0 bridgehead atoms. The van der Waals surface area contributed by atoms with Gasteiger partial charge in [-0.15, -0.1) is 0 Å². The second-order valence-electron chi connectivity index (χ2n) is 5.96. The lowest BCUT2D eigenvalue weighted by molar-refractivity contribution is -0.133. The van der Waals surface area contributed by atoms with Crippen LogP contribution >= 0.6 is 23.2 Å². The van der Waals surface area contributed by atoms with Crippen molar-refractivity contribution in [3.8, 4) is 0 Å². The molecule has 1 atom stereocenters. The van der Waals surface area contributed by atoms with Gasteiger partial charge in [0.2, 0.25) is 15.9 Å². The summed E-state index contributed by atoms with van der Waals surface area (Å²) in [7, 11) is -1.73. The van der Waals surface area contributed by atoms with Crippen LogP contribution in [0.5, 0.6) is 0 Å². The second-order valence-corrected chi connectivity index (χ2v) is 8.66. The Bertz CT molecular complexity index is 719. The molecule has 0 spiro atoms. The van der Waals surface area contributed by atoms with E-state index < -0.39 is 16.1 Å². The molecule has 0 aliphatic carbocycles. The molecule has 6 nitrogen and oxygen atoms in total. The molecule has 9 heteroatoms. The zero-order chi connectivity index (χ0) is 18.1. The van der Waals surface area contributed by atoms with Gasteiger partial charge in [0, 0.05) is 31.2 Å². The van der Waals surface area contributed by atoms with E-state index in [1.54, 1.807) is 17.9 Å². The van der Waals surface area contributed by atoms with Crippen LogP contribution in [0.2, 0.25) is 10.0 Å². The van der Waals surface area contributed by atoms with Crippen molar-refractivity contribution in [3.63, 3.8) is 0 Å². The van der Waals surface area contributed by atoms with E-state index in [0.29, 0.717) is 18.1 Å². The summed E-state index contributed by atoms with van der Waals surface area (Å²) in [6.45, 7) is 4.23. The fraction of sp³-hybridized carbons (Fsp3) is 0.533. The van der Waals surface area contributed by atoms with Gasteiger partial charge in [0.15, 0.2) is 0 Å². The van der Waals surface area contributed by atoms with Crippen LogP contribution in [-0.2, 0) is 14.8 Å². The van der Waals surface area contributed by atoms with Crippen molar-refractivity contribution in [3.05, 3.63) is 28.2 Å².